The number of esters is 1. The molecule has 98 valence electrons. The Morgan fingerprint density at radius 1 is 1.19 bits per heavy atom. The molecular formula is C9H21NO5S. The molecule has 0 spiro atoms. The lowest BCUT2D eigenvalue weighted by molar-refractivity contribution is -0.143. The lowest BCUT2D eigenvalue weighted by Crippen LogP contribution is -2.05. The number of hydrogen-bond acceptors (Lipinski definition) is 5. The fourth-order valence-electron chi connectivity index (χ4n) is 1.03. The summed E-state index contributed by atoms with van der Waals surface area (Å²) >= 11 is 0. The smallest absolute Gasteiger partial charge is 0.305 e. The molecule has 0 aliphatic carbocycles. The van der Waals surface area contributed by atoms with Gasteiger partial charge in [0.2, 0.25) is 0 Å². The Balaban J connectivity index is 0. The van der Waals surface area contributed by atoms with Crippen LogP contribution in [0.3, 0.4) is 0 Å². The average Bonchev–Trinajstić information content (AvgIpc) is 2.14. The molecule has 0 saturated carbocycles. The Hall–Kier alpha value is -0.660. The molecule has 0 radical (unpaired) electrons. The molecule has 7 heteroatoms. The molecule has 0 aromatic rings. The van der Waals surface area contributed by atoms with E-state index in [0.717, 1.165) is 12.8 Å². The Morgan fingerprint density at radius 2 is 1.75 bits per heavy atom. The minimum absolute atomic E-state index is 0. The first kappa shape index (κ1) is 17.7. The van der Waals surface area contributed by atoms with Crippen molar-refractivity contribution in [2.75, 3.05) is 12.4 Å². The fourth-order valence-corrected chi connectivity index (χ4v) is 1.60. The highest BCUT2D eigenvalue weighted by atomic mass is 32.2. The predicted octanol–water partition coefficient (Wildman–Crippen LogP) is 1.55. The van der Waals surface area contributed by atoms with E-state index in [9.17, 15) is 13.2 Å². The van der Waals surface area contributed by atoms with Crippen LogP contribution in [0.5, 0.6) is 0 Å². The zero-order chi connectivity index (χ0) is 11.7. The zero-order valence-electron chi connectivity index (χ0n) is 9.65. The summed E-state index contributed by atoms with van der Waals surface area (Å²) in [6.45, 7) is 2.12. The van der Waals surface area contributed by atoms with E-state index < -0.39 is 10.1 Å². The van der Waals surface area contributed by atoms with Gasteiger partial charge in [-0.05, 0) is 12.8 Å². The maximum Gasteiger partial charge on any atom is 0.305 e. The van der Waals surface area contributed by atoms with Gasteiger partial charge in [-0.15, -0.1) is 0 Å². The zero-order valence-corrected chi connectivity index (χ0v) is 10.5. The first-order chi connectivity index (χ1) is 6.95. The molecule has 0 rings (SSSR count). The summed E-state index contributed by atoms with van der Waals surface area (Å²) in [5, 5.41) is 0. The van der Waals surface area contributed by atoms with Crippen LogP contribution in [0.1, 0.15) is 39.0 Å². The standard InChI is InChI=1S/C9H18O5S.H3N/c1-2-9(10)14-7-5-3-4-6-8-15(11,12)13;/h2-8H2,1H3,(H,11,12,13);1H3. The number of unbranched alkanes of at least 4 members (excludes halogenated alkanes) is 3. The summed E-state index contributed by atoms with van der Waals surface area (Å²) in [5.74, 6) is -0.408. The summed E-state index contributed by atoms with van der Waals surface area (Å²) in [4.78, 5) is 10.7. The molecule has 0 aromatic carbocycles. The van der Waals surface area contributed by atoms with Crippen molar-refractivity contribution in [3.8, 4) is 0 Å². The number of hydrogen-bond donors (Lipinski definition) is 2. The largest absolute Gasteiger partial charge is 0.466 e. The third-order valence-corrected chi connectivity index (χ3v) is 2.65. The van der Waals surface area contributed by atoms with Gasteiger partial charge in [-0.25, -0.2) is 0 Å². The molecule has 4 N–H and O–H groups in total. The molecule has 0 unspecified atom stereocenters. The Kier molecular flexibility index (Phi) is 10.6. The number of carbonyl (C=O) groups is 1. The van der Waals surface area contributed by atoms with Crippen molar-refractivity contribution in [3.05, 3.63) is 0 Å². The van der Waals surface area contributed by atoms with Crippen LogP contribution in [0, 0.1) is 0 Å². The molecule has 16 heavy (non-hydrogen) atoms. The van der Waals surface area contributed by atoms with Gasteiger partial charge in [0.25, 0.3) is 10.1 Å². The Bertz CT molecular complexity index is 276. The van der Waals surface area contributed by atoms with Crippen LogP contribution >= 0.6 is 0 Å². The second-order valence-corrected chi connectivity index (χ2v) is 4.85. The highest BCUT2D eigenvalue weighted by molar-refractivity contribution is 7.85. The molecular weight excluding hydrogens is 234 g/mol. The first-order valence-electron chi connectivity index (χ1n) is 5.06. The van der Waals surface area contributed by atoms with Crippen LogP contribution in [0.4, 0.5) is 0 Å². The molecule has 0 bridgehead atoms. The monoisotopic (exact) mass is 255 g/mol. The first-order valence-corrected chi connectivity index (χ1v) is 6.67. The quantitative estimate of drug-likeness (QED) is 0.386. The molecule has 0 aliphatic heterocycles. The van der Waals surface area contributed by atoms with Crippen LogP contribution in [0.25, 0.3) is 0 Å². The topological polar surface area (TPSA) is 116 Å². The van der Waals surface area contributed by atoms with Crippen molar-refractivity contribution < 1.29 is 22.5 Å². The summed E-state index contributed by atoms with van der Waals surface area (Å²) in [5.41, 5.74) is 0. The van der Waals surface area contributed by atoms with Crippen molar-refractivity contribution in [3.63, 3.8) is 0 Å². The van der Waals surface area contributed by atoms with Gasteiger partial charge in [-0.3, -0.25) is 9.35 Å². The molecule has 6 nitrogen and oxygen atoms in total. The Labute approximate surface area is 96.7 Å². The van der Waals surface area contributed by atoms with Crippen molar-refractivity contribution in [1.29, 1.82) is 0 Å². The summed E-state index contributed by atoms with van der Waals surface area (Å²) in [7, 11) is -3.82. The third-order valence-electron chi connectivity index (χ3n) is 1.85. The van der Waals surface area contributed by atoms with E-state index >= 15 is 0 Å². The average molecular weight is 255 g/mol. The number of ether oxygens (including phenoxy) is 1. The second kappa shape index (κ2) is 9.56. The van der Waals surface area contributed by atoms with E-state index in [-0.39, 0.29) is 17.9 Å². The van der Waals surface area contributed by atoms with Gasteiger partial charge in [-0.2, -0.15) is 8.42 Å². The second-order valence-electron chi connectivity index (χ2n) is 3.27. The van der Waals surface area contributed by atoms with Crippen molar-refractivity contribution >= 4 is 16.1 Å². The van der Waals surface area contributed by atoms with Gasteiger partial charge in [0, 0.05) is 6.42 Å². The van der Waals surface area contributed by atoms with Gasteiger partial charge >= 0.3 is 5.97 Å². The number of rotatable bonds is 8. The van der Waals surface area contributed by atoms with E-state index in [1.807, 2.05) is 0 Å². The van der Waals surface area contributed by atoms with Gasteiger partial charge in [0.15, 0.2) is 0 Å². The minimum atomic E-state index is -3.82. The van der Waals surface area contributed by atoms with Gasteiger partial charge in [0.1, 0.15) is 0 Å². The summed E-state index contributed by atoms with van der Waals surface area (Å²) < 4.78 is 33.9. The molecule has 0 heterocycles. The van der Waals surface area contributed by atoms with Gasteiger partial charge in [-0.1, -0.05) is 19.8 Å². The van der Waals surface area contributed by atoms with E-state index in [1.54, 1.807) is 6.92 Å². The molecule has 0 atom stereocenters. The third kappa shape index (κ3) is 13.3. The van der Waals surface area contributed by atoms with E-state index in [4.69, 9.17) is 9.29 Å². The van der Waals surface area contributed by atoms with Gasteiger partial charge in [0.05, 0.1) is 12.4 Å². The Morgan fingerprint density at radius 3 is 2.25 bits per heavy atom. The van der Waals surface area contributed by atoms with E-state index in [2.05, 4.69) is 0 Å². The fraction of sp³-hybridized carbons (Fsp3) is 0.889. The summed E-state index contributed by atoms with van der Waals surface area (Å²) in [6.07, 6.45) is 3.07. The predicted molar refractivity (Wildman–Crippen MR) is 61.2 cm³/mol. The van der Waals surface area contributed by atoms with Crippen molar-refractivity contribution in [2.45, 2.75) is 39.0 Å². The van der Waals surface area contributed by atoms with Gasteiger partial charge < -0.3 is 10.9 Å². The highest BCUT2D eigenvalue weighted by Gasteiger charge is 2.03. The van der Waals surface area contributed by atoms with Crippen molar-refractivity contribution in [1.82, 2.24) is 6.15 Å². The van der Waals surface area contributed by atoms with E-state index in [0.29, 0.717) is 25.9 Å². The maximum atomic E-state index is 10.7. The maximum absolute atomic E-state index is 10.7. The van der Waals surface area contributed by atoms with Crippen LogP contribution in [0.2, 0.25) is 0 Å². The molecule has 0 amide bonds. The van der Waals surface area contributed by atoms with E-state index in [1.165, 1.54) is 0 Å². The summed E-state index contributed by atoms with van der Waals surface area (Å²) in [6, 6.07) is 0. The minimum Gasteiger partial charge on any atom is -0.466 e. The van der Waals surface area contributed by atoms with Crippen LogP contribution in [0.15, 0.2) is 0 Å². The molecule has 0 aromatic heterocycles. The lowest BCUT2D eigenvalue weighted by Gasteiger charge is -2.02. The van der Waals surface area contributed by atoms with Crippen molar-refractivity contribution in [2.24, 2.45) is 0 Å². The molecule has 0 aliphatic rings. The van der Waals surface area contributed by atoms with Crippen LogP contribution in [-0.4, -0.2) is 31.3 Å². The van der Waals surface area contributed by atoms with Crippen LogP contribution in [-0.2, 0) is 19.6 Å². The molecule has 0 saturated heterocycles. The normalized spacial score (nSPS) is 10.6. The lowest BCUT2D eigenvalue weighted by atomic mass is 10.2. The molecule has 0 fully saturated rings. The SMILES string of the molecule is CCC(=O)OCCCCCCS(=O)(=O)O.N. The van der Waals surface area contributed by atoms with Crippen LogP contribution < -0.4 is 6.15 Å². The highest BCUT2D eigenvalue weighted by Crippen LogP contribution is 2.02. The number of carbonyl (C=O) groups excluding carboxylic acids is 1.